The minimum Gasteiger partial charge on any atom is -0.507 e. The molecule has 1 aromatic carbocycles. The van der Waals surface area contributed by atoms with Crippen LogP contribution >= 0.6 is 23.4 Å². The van der Waals surface area contributed by atoms with Crippen molar-refractivity contribution in [3.8, 4) is 5.75 Å². The topological polar surface area (TPSA) is 94.9 Å². The molecule has 2 N–H and O–H groups in total. The van der Waals surface area contributed by atoms with Crippen LogP contribution in [0.2, 0.25) is 5.02 Å². The summed E-state index contributed by atoms with van der Waals surface area (Å²) in [7, 11) is 0. The lowest BCUT2D eigenvalue weighted by Crippen LogP contribution is -2.33. The number of thioether (sulfide) groups is 1. The van der Waals surface area contributed by atoms with Crippen molar-refractivity contribution in [2.45, 2.75) is 0 Å². The number of hydrogen-bond donors (Lipinski definition) is 2. The van der Waals surface area contributed by atoms with E-state index < -0.39 is 23.7 Å². The van der Waals surface area contributed by atoms with Gasteiger partial charge in [0.2, 0.25) is 0 Å². The zero-order valence-corrected chi connectivity index (χ0v) is 11.4. The number of rotatable bonds is 3. The summed E-state index contributed by atoms with van der Waals surface area (Å²) in [6.45, 7) is -0.691. The molecule has 1 aliphatic heterocycles. The van der Waals surface area contributed by atoms with Gasteiger partial charge in [0.05, 0.1) is 4.91 Å². The maximum absolute atomic E-state index is 11.9. The third-order valence-electron chi connectivity index (χ3n) is 2.44. The van der Waals surface area contributed by atoms with Crippen LogP contribution < -0.4 is 0 Å². The molecule has 0 atom stereocenters. The normalized spacial score (nSPS) is 17.1. The highest BCUT2D eigenvalue weighted by Gasteiger charge is 2.36. The van der Waals surface area contributed by atoms with Gasteiger partial charge in [-0.1, -0.05) is 11.6 Å². The average Bonchev–Trinajstić information content (AvgIpc) is 2.61. The summed E-state index contributed by atoms with van der Waals surface area (Å²) in [5.41, 5.74) is 0.276. The van der Waals surface area contributed by atoms with Gasteiger partial charge in [0, 0.05) is 10.6 Å². The van der Waals surface area contributed by atoms with Crippen LogP contribution in [0.15, 0.2) is 23.1 Å². The number of carboxylic acids is 1. The quantitative estimate of drug-likeness (QED) is 0.830. The van der Waals surface area contributed by atoms with Gasteiger partial charge in [0.1, 0.15) is 12.3 Å². The first-order valence-corrected chi connectivity index (χ1v) is 6.53. The number of nitrogens with zero attached hydrogens (tertiary/aromatic N) is 1. The highest BCUT2D eigenvalue weighted by atomic mass is 35.5. The third-order valence-corrected chi connectivity index (χ3v) is 3.59. The number of phenols is 1. The number of carbonyl (C=O) groups is 3. The van der Waals surface area contributed by atoms with Gasteiger partial charge >= 0.3 is 5.97 Å². The van der Waals surface area contributed by atoms with Gasteiger partial charge < -0.3 is 10.2 Å². The molecule has 1 aliphatic rings. The molecule has 1 aromatic rings. The Hall–Kier alpha value is -1.99. The van der Waals surface area contributed by atoms with Gasteiger partial charge in [-0.3, -0.25) is 19.3 Å². The highest BCUT2D eigenvalue weighted by molar-refractivity contribution is 8.18. The average molecular weight is 314 g/mol. The number of carboxylic acid groups (broad SMARTS) is 1. The molecule has 0 radical (unpaired) electrons. The summed E-state index contributed by atoms with van der Waals surface area (Å²) in [6, 6.07) is 4.27. The molecule has 2 rings (SSSR count). The number of aromatic hydroxyl groups is 1. The van der Waals surface area contributed by atoms with Crippen molar-refractivity contribution in [3.63, 3.8) is 0 Å². The van der Waals surface area contributed by atoms with Gasteiger partial charge in [-0.25, -0.2) is 0 Å². The van der Waals surface area contributed by atoms with Crippen molar-refractivity contribution in [2.24, 2.45) is 0 Å². The first-order valence-electron chi connectivity index (χ1n) is 5.34. The van der Waals surface area contributed by atoms with Gasteiger partial charge in [-0.15, -0.1) is 0 Å². The summed E-state index contributed by atoms with van der Waals surface area (Å²) in [6.07, 6.45) is 1.30. The number of benzene rings is 1. The Labute approximate surface area is 122 Å². The Bertz CT molecular complexity index is 643. The van der Waals surface area contributed by atoms with Crippen molar-refractivity contribution in [2.75, 3.05) is 6.54 Å². The Balaban J connectivity index is 2.32. The van der Waals surface area contributed by atoms with Crippen LogP contribution in [-0.4, -0.2) is 38.8 Å². The third kappa shape index (κ3) is 2.94. The van der Waals surface area contributed by atoms with Crippen LogP contribution in [0, 0.1) is 0 Å². The minimum absolute atomic E-state index is 0.0359. The van der Waals surface area contributed by atoms with E-state index in [0.717, 1.165) is 0 Å². The Morgan fingerprint density at radius 2 is 2.10 bits per heavy atom. The van der Waals surface area contributed by atoms with Crippen molar-refractivity contribution < 1.29 is 24.6 Å². The maximum atomic E-state index is 11.9. The molecule has 1 saturated heterocycles. The molecule has 1 heterocycles. The molecule has 20 heavy (non-hydrogen) atoms. The fraction of sp³-hybridized carbons (Fsp3) is 0.0833. The monoisotopic (exact) mass is 313 g/mol. The molecule has 0 bridgehead atoms. The van der Waals surface area contributed by atoms with E-state index in [-0.39, 0.29) is 16.2 Å². The van der Waals surface area contributed by atoms with E-state index in [1.54, 1.807) is 0 Å². The van der Waals surface area contributed by atoms with E-state index in [1.165, 1.54) is 24.3 Å². The minimum atomic E-state index is -1.28. The molecule has 0 aromatic heterocycles. The molecule has 8 heteroatoms. The van der Waals surface area contributed by atoms with E-state index in [4.69, 9.17) is 16.7 Å². The Morgan fingerprint density at radius 1 is 1.40 bits per heavy atom. The van der Waals surface area contributed by atoms with E-state index in [1.807, 2.05) is 0 Å². The smallest absolute Gasteiger partial charge is 0.323 e. The number of imide groups is 1. The van der Waals surface area contributed by atoms with E-state index in [2.05, 4.69) is 0 Å². The fourth-order valence-electron chi connectivity index (χ4n) is 1.55. The second-order valence-corrected chi connectivity index (χ2v) is 5.29. The molecular weight excluding hydrogens is 306 g/mol. The summed E-state index contributed by atoms with van der Waals surface area (Å²) in [4.78, 5) is 34.7. The first-order chi connectivity index (χ1) is 9.38. The molecule has 104 valence electrons. The maximum Gasteiger partial charge on any atom is 0.323 e. The number of carbonyl (C=O) groups excluding carboxylic acids is 2. The molecule has 0 aliphatic carbocycles. The standard InChI is InChI=1S/C12H8ClNO5S/c13-7-1-2-8(15)6(3-7)4-9-11(18)14(5-10(16)17)12(19)20-9/h1-4,15H,5H2,(H,16,17)/b9-4+. The number of hydrogen-bond acceptors (Lipinski definition) is 5. The number of halogens is 1. The largest absolute Gasteiger partial charge is 0.507 e. The molecule has 0 saturated carbocycles. The van der Waals surface area contributed by atoms with Gasteiger partial charge in [-0.2, -0.15) is 0 Å². The van der Waals surface area contributed by atoms with Gasteiger partial charge in [0.15, 0.2) is 0 Å². The summed E-state index contributed by atoms with van der Waals surface area (Å²) >= 11 is 6.39. The predicted molar refractivity (Wildman–Crippen MR) is 73.4 cm³/mol. The summed E-state index contributed by atoms with van der Waals surface area (Å²) in [5.74, 6) is -2.08. The van der Waals surface area contributed by atoms with Crippen LogP contribution in [0.25, 0.3) is 6.08 Å². The van der Waals surface area contributed by atoms with E-state index >= 15 is 0 Å². The van der Waals surface area contributed by atoms with E-state index in [0.29, 0.717) is 21.7 Å². The lowest BCUT2D eigenvalue weighted by Gasteiger charge is -2.07. The van der Waals surface area contributed by atoms with Crippen molar-refractivity contribution >= 4 is 46.6 Å². The second-order valence-electron chi connectivity index (χ2n) is 3.86. The zero-order chi connectivity index (χ0) is 14.9. The van der Waals surface area contributed by atoms with Crippen molar-refractivity contribution in [3.05, 3.63) is 33.7 Å². The number of phenolic OH excluding ortho intramolecular Hbond substituents is 1. The lowest BCUT2D eigenvalue weighted by molar-refractivity contribution is -0.140. The SMILES string of the molecule is O=C(O)CN1C(=O)S/C(=C/c2cc(Cl)ccc2O)C1=O. The van der Waals surface area contributed by atoms with Crippen LogP contribution in [0.4, 0.5) is 4.79 Å². The van der Waals surface area contributed by atoms with Gasteiger partial charge in [-0.05, 0) is 36.0 Å². The molecule has 2 amide bonds. The lowest BCUT2D eigenvalue weighted by atomic mass is 10.2. The summed E-state index contributed by atoms with van der Waals surface area (Å²) in [5, 5.41) is 18.0. The van der Waals surface area contributed by atoms with Crippen LogP contribution in [0.1, 0.15) is 5.56 Å². The van der Waals surface area contributed by atoms with Crippen LogP contribution in [0.5, 0.6) is 5.75 Å². The summed E-state index contributed by atoms with van der Waals surface area (Å²) < 4.78 is 0. The molecule has 6 nitrogen and oxygen atoms in total. The molecule has 0 unspecified atom stereocenters. The number of aliphatic carboxylic acids is 1. The highest BCUT2D eigenvalue weighted by Crippen LogP contribution is 2.34. The number of amides is 2. The predicted octanol–water partition coefficient (Wildman–Crippen LogP) is 2.17. The fourth-order valence-corrected chi connectivity index (χ4v) is 2.56. The molecule has 0 spiro atoms. The molecular formula is C12H8ClNO5S. The second kappa shape index (κ2) is 5.56. The van der Waals surface area contributed by atoms with Crippen LogP contribution in [-0.2, 0) is 9.59 Å². The first kappa shape index (κ1) is 14.4. The van der Waals surface area contributed by atoms with Crippen LogP contribution in [0.3, 0.4) is 0 Å². The Morgan fingerprint density at radius 3 is 2.75 bits per heavy atom. The molecule has 1 fully saturated rings. The van der Waals surface area contributed by atoms with Crippen molar-refractivity contribution in [1.82, 2.24) is 4.90 Å². The Kier molecular flexibility index (Phi) is 4.01. The van der Waals surface area contributed by atoms with E-state index in [9.17, 15) is 19.5 Å². The zero-order valence-electron chi connectivity index (χ0n) is 9.87. The van der Waals surface area contributed by atoms with Gasteiger partial charge in [0.25, 0.3) is 11.1 Å². The van der Waals surface area contributed by atoms with Crippen molar-refractivity contribution in [1.29, 1.82) is 0 Å².